The molecule has 0 saturated carbocycles. The third-order valence-corrected chi connectivity index (χ3v) is 6.14. The van der Waals surface area contributed by atoms with Gasteiger partial charge in [-0.05, 0) is 31.3 Å². The van der Waals surface area contributed by atoms with Crippen molar-refractivity contribution < 1.29 is 8.42 Å². The predicted molar refractivity (Wildman–Crippen MR) is 76.5 cm³/mol. The summed E-state index contributed by atoms with van der Waals surface area (Å²) in [6.07, 6.45) is 1.88. The van der Waals surface area contributed by atoms with Crippen LogP contribution in [0.1, 0.15) is 30.2 Å². The van der Waals surface area contributed by atoms with Crippen molar-refractivity contribution in [3.05, 3.63) is 15.8 Å². The van der Waals surface area contributed by atoms with Crippen LogP contribution in [0.5, 0.6) is 0 Å². The van der Waals surface area contributed by atoms with E-state index in [1.165, 1.54) is 15.6 Å². The summed E-state index contributed by atoms with van der Waals surface area (Å²) in [5.74, 6) is 0. The van der Waals surface area contributed by atoms with Gasteiger partial charge in [0, 0.05) is 25.0 Å². The SMILES string of the molecule is CCCCN(C)S(=O)(=O)c1c(C)csc1CNC. The molecule has 0 aliphatic rings. The highest BCUT2D eigenvalue weighted by molar-refractivity contribution is 7.89. The predicted octanol–water partition coefficient (Wildman–Crippen LogP) is 2.20. The lowest BCUT2D eigenvalue weighted by Gasteiger charge is -2.18. The van der Waals surface area contributed by atoms with E-state index in [1.807, 2.05) is 19.4 Å². The maximum atomic E-state index is 12.5. The second-order valence-electron chi connectivity index (χ2n) is 4.38. The summed E-state index contributed by atoms with van der Waals surface area (Å²) in [6.45, 7) is 5.08. The molecule has 6 heteroatoms. The average Bonchev–Trinajstić information content (AvgIpc) is 2.68. The topological polar surface area (TPSA) is 49.4 Å². The number of hydrogen-bond donors (Lipinski definition) is 1. The van der Waals surface area contributed by atoms with E-state index in [0.29, 0.717) is 18.0 Å². The van der Waals surface area contributed by atoms with Gasteiger partial charge in [-0.3, -0.25) is 0 Å². The fourth-order valence-corrected chi connectivity index (χ4v) is 4.75. The Labute approximate surface area is 114 Å². The van der Waals surface area contributed by atoms with E-state index in [2.05, 4.69) is 12.2 Å². The van der Waals surface area contributed by atoms with Gasteiger partial charge < -0.3 is 5.32 Å². The molecule has 104 valence electrons. The van der Waals surface area contributed by atoms with Crippen LogP contribution in [0.15, 0.2) is 10.3 Å². The second-order valence-corrected chi connectivity index (χ2v) is 7.33. The maximum Gasteiger partial charge on any atom is 0.244 e. The van der Waals surface area contributed by atoms with Gasteiger partial charge in [-0.15, -0.1) is 11.3 Å². The molecule has 0 radical (unpaired) electrons. The molecule has 4 nitrogen and oxygen atoms in total. The Balaban J connectivity index is 3.07. The number of thiophene rings is 1. The number of nitrogens with zero attached hydrogens (tertiary/aromatic N) is 1. The third kappa shape index (κ3) is 3.32. The number of aryl methyl sites for hydroxylation is 1. The molecule has 0 bridgehead atoms. The molecule has 0 aliphatic carbocycles. The number of unbranched alkanes of at least 4 members (excludes halogenated alkanes) is 1. The van der Waals surface area contributed by atoms with Gasteiger partial charge in [-0.25, -0.2) is 12.7 Å². The van der Waals surface area contributed by atoms with Crippen molar-refractivity contribution in [3.8, 4) is 0 Å². The van der Waals surface area contributed by atoms with E-state index < -0.39 is 10.0 Å². The third-order valence-electron chi connectivity index (χ3n) is 2.82. The lowest BCUT2D eigenvalue weighted by Crippen LogP contribution is -2.29. The van der Waals surface area contributed by atoms with Gasteiger partial charge in [0.25, 0.3) is 0 Å². The highest BCUT2D eigenvalue weighted by atomic mass is 32.2. The molecule has 1 heterocycles. The summed E-state index contributed by atoms with van der Waals surface area (Å²) in [4.78, 5) is 1.37. The minimum atomic E-state index is -3.35. The molecular weight excluding hydrogens is 268 g/mol. The first-order valence-corrected chi connectivity index (χ1v) is 8.45. The van der Waals surface area contributed by atoms with Crippen molar-refractivity contribution >= 4 is 21.4 Å². The van der Waals surface area contributed by atoms with Gasteiger partial charge in [0.2, 0.25) is 10.0 Å². The summed E-state index contributed by atoms with van der Waals surface area (Å²) in [5, 5.41) is 4.93. The largest absolute Gasteiger partial charge is 0.315 e. The zero-order valence-corrected chi connectivity index (χ0v) is 13.1. The first kappa shape index (κ1) is 15.6. The van der Waals surface area contributed by atoms with Crippen molar-refractivity contribution in [1.82, 2.24) is 9.62 Å². The summed E-state index contributed by atoms with van der Waals surface area (Å²) in [7, 11) is 0.136. The van der Waals surface area contributed by atoms with Crippen LogP contribution >= 0.6 is 11.3 Å². The number of sulfonamides is 1. The molecule has 0 fully saturated rings. The molecule has 1 aromatic rings. The fraction of sp³-hybridized carbons (Fsp3) is 0.667. The highest BCUT2D eigenvalue weighted by Crippen LogP contribution is 2.29. The summed E-state index contributed by atoms with van der Waals surface area (Å²) in [5.41, 5.74) is 0.841. The molecule has 1 N–H and O–H groups in total. The molecule has 1 rings (SSSR count). The van der Waals surface area contributed by atoms with Crippen LogP contribution in [0.4, 0.5) is 0 Å². The Hall–Kier alpha value is -0.430. The Bertz CT molecular complexity index is 480. The molecule has 0 unspecified atom stereocenters. The molecule has 0 aliphatic heterocycles. The maximum absolute atomic E-state index is 12.5. The first-order valence-electron chi connectivity index (χ1n) is 6.13. The molecular formula is C12H22N2O2S2. The standard InChI is InChI=1S/C12H22N2O2S2/c1-5-6-7-14(4)18(15,16)12-10(2)9-17-11(12)8-13-3/h9,13H,5-8H2,1-4H3. The molecule has 0 atom stereocenters. The van der Waals surface area contributed by atoms with E-state index in [0.717, 1.165) is 23.3 Å². The van der Waals surface area contributed by atoms with Crippen LogP contribution in [0, 0.1) is 6.92 Å². The molecule has 0 saturated heterocycles. The minimum absolute atomic E-state index is 0.487. The normalized spacial score (nSPS) is 12.3. The lowest BCUT2D eigenvalue weighted by molar-refractivity contribution is 0.458. The second kappa shape index (κ2) is 6.65. The summed E-state index contributed by atoms with van der Waals surface area (Å²) >= 11 is 1.50. The van der Waals surface area contributed by atoms with Crippen molar-refractivity contribution in [2.45, 2.75) is 38.1 Å². The van der Waals surface area contributed by atoms with Crippen LogP contribution in [0.25, 0.3) is 0 Å². The van der Waals surface area contributed by atoms with Crippen LogP contribution < -0.4 is 5.32 Å². The Morgan fingerprint density at radius 2 is 2.11 bits per heavy atom. The average molecular weight is 290 g/mol. The molecule has 0 amide bonds. The van der Waals surface area contributed by atoms with Crippen molar-refractivity contribution in [3.63, 3.8) is 0 Å². The summed E-state index contributed by atoms with van der Waals surface area (Å²) in [6, 6.07) is 0. The van der Waals surface area contributed by atoms with Crippen LogP contribution in [0.2, 0.25) is 0 Å². The fourth-order valence-electron chi connectivity index (χ4n) is 1.77. The van der Waals surface area contributed by atoms with Crippen LogP contribution in [0.3, 0.4) is 0 Å². The number of hydrogen-bond acceptors (Lipinski definition) is 4. The van der Waals surface area contributed by atoms with Gasteiger partial charge in [0.1, 0.15) is 4.90 Å². The minimum Gasteiger partial charge on any atom is -0.315 e. The van der Waals surface area contributed by atoms with E-state index in [-0.39, 0.29) is 0 Å². The van der Waals surface area contributed by atoms with Gasteiger partial charge >= 0.3 is 0 Å². The van der Waals surface area contributed by atoms with Crippen molar-refractivity contribution in [2.75, 3.05) is 20.6 Å². The molecule has 0 aromatic carbocycles. The van der Waals surface area contributed by atoms with E-state index >= 15 is 0 Å². The van der Waals surface area contributed by atoms with Gasteiger partial charge in [0.15, 0.2) is 0 Å². The Kier molecular flexibility index (Phi) is 5.78. The van der Waals surface area contributed by atoms with E-state index in [1.54, 1.807) is 7.05 Å². The van der Waals surface area contributed by atoms with Crippen LogP contribution in [-0.4, -0.2) is 33.4 Å². The zero-order valence-electron chi connectivity index (χ0n) is 11.5. The number of rotatable bonds is 7. The molecule has 0 spiro atoms. The van der Waals surface area contributed by atoms with Gasteiger partial charge in [-0.2, -0.15) is 0 Å². The highest BCUT2D eigenvalue weighted by Gasteiger charge is 2.26. The van der Waals surface area contributed by atoms with Crippen molar-refractivity contribution in [1.29, 1.82) is 0 Å². The summed E-state index contributed by atoms with van der Waals surface area (Å²) < 4.78 is 26.5. The monoisotopic (exact) mass is 290 g/mol. The van der Waals surface area contributed by atoms with E-state index in [4.69, 9.17) is 0 Å². The van der Waals surface area contributed by atoms with Gasteiger partial charge in [-0.1, -0.05) is 13.3 Å². The van der Waals surface area contributed by atoms with E-state index in [9.17, 15) is 8.42 Å². The Morgan fingerprint density at radius 1 is 1.44 bits per heavy atom. The Morgan fingerprint density at radius 3 is 2.67 bits per heavy atom. The molecule has 1 aromatic heterocycles. The quantitative estimate of drug-likeness (QED) is 0.837. The zero-order chi connectivity index (χ0) is 13.8. The smallest absolute Gasteiger partial charge is 0.244 e. The number of nitrogens with one attached hydrogen (secondary N) is 1. The van der Waals surface area contributed by atoms with Crippen molar-refractivity contribution in [2.24, 2.45) is 0 Å². The molecule has 18 heavy (non-hydrogen) atoms. The first-order chi connectivity index (χ1) is 8.45. The van der Waals surface area contributed by atoms with Crippen LogP contribution in [-0.2, 0) is 16.6 Å². The van der Waals surface area contributed by atoms with Gasteiger partial charge in [0.05, 0.1) is 0 Å². The lowest BCUT2D eigenvalue weighted by atomic mass is 10.3.